The Hall–Kier alpha value is -4.44. The number of nitrogens with zero attached hydrogens (tertiary/aromatic N) is 4. The Morgan fingerprint density at radius 1 is 0.556 bits per heavy atom. The Morgan fingerprint density at radius 3 is 1.72 bits per heavy atom. The summed E-state index contributed by atoms with van der Waals surface area (Å²) in [6, 6.07) is 33.3. The van der Waals surface area contributed by atoms with E-state index in [0.29, 0.717) is 0 Å². The van der Waals surface area contributed by atoms with Crippen molar-refractivity contribution in [2.75, 3.05) is 0 Å². The Balaban J connectivity index is 1.80. The molecule has 4 nitrogen and oxygen atoms in total. The summed E-state index contributed by atoms with van der Waals surface area (Å²) in [5.41, 5.74) is 3.03. The van der Waals surface area contributed by atoms with Crippen molar-refractivity contribution in [3.63, 3.8) is 0 Å². The fourth-order valence-electron chi connectivity index (χ4n) is 5.65. The summed E-state index contributed by atoms with van der Waals surface area (Å²) in [6.07, 6.45) is 8.36. The summed E-state index contributed by atoms with van der Waals surface area (Å²) < 4.78 is 0. The van der Waals surface area contributed by atoms with Gasteiger partial charge in [0.2, 0.25) is 0 Å². The van der Waals surface area contributed by atoms with Crippen molar-refractivity contribution in [3.8, 4) is 0 Å². The van der Waals surface area contributed by atoms with Crippen LogP contribution in [-0.2, 0) is 5.41 Å². The molecule has 0 aliphatic carbocycles. The Kier molecular flexibility index (Phi) is 5.70. The molecule has 36 heavy (non-hydrogen) atoms. The zero-order valence-electron chi connectivity index (χ0n) is 20.1. The van der Waals surface area contributed by atoms with Gasteiger partial charge in [0.15, 0.2) is 0 Å². The Morgan fingerprint density at radius 2 is 1.11 bits per heavy atom. The molecule has 0 amide bonds. The van der Waals surface area contributed by atoms with E-state index < -0.39 is 5.41 Å². The van der Waals surface area contributed by atoms with Crippen molar-refractivity contribution in [2.24, 2.45) is 0 Å². The number of pyridine rings is 4. The molecule has 1 unspecified atom stereocenters. The second-order valence-electron chi connectivity index (χ2n) is 9.00. The molecule has 0 aliphatic heterocycles. The molecule has 0 fully saturated rings. The zero-order valence-corrected chi connectivity index (χ0v) is 20.1. The number of hydrogen-bond donors (Lipinski definition) is 0. The molecule has 6 aromatic rings. The summed E-state index contributed by atoms with van der Waals surface area (Å²) in [5, 5.41) is 4.54. The molecule has 4 aromatic heterocycles. The van der Waals surface area contributed by atoms with Gasteiger partial charge in [-0.2, -0.15) is 0 Å². The van der Waals surface area contributed by atoms with Crippen LogP contribution in [0.15, 0.2) is 122 Å². The van der Waals surface area contributed by atoms with Crippen LogP contribution in [0.1, 0.15) is 42.0 Å². The number of fused-ring (bicyclic) bond motifs is 2. The van der Waals surface area contributed by atoms with E-state index in [1.807, 2.05) is 36.9 Å². The number of aromatic nitrogens is 4. The van der Waals surface area contributed by atoms with Gasteiger partial charge in [-0.15, -0.1) is 0 Å². The lowest BCUT2D eigenvalue weighted by atomic mass is 9.63. The van der Waals surface area contributed by atoms with E-state index in [1.54, 1.807) is 0 Å². The van der Waals surface area contributed by atoms with Gasteiger partial charge < -0.3 is 0 Å². The minimum atomic E-state index is -0.769. The second-order valence-corrected chi connectivity index (χ2v) is 9.00. The van der Waals surface area contributed by atoms with Gasteiger partial charge in [0.1, 0.15) is 5.41 Å². The average molecular weight is 467 g/mol. The molecule has 0 aliphatic rings. The average Bonchev–Trinajstić information content (AvgIpc) is 2.96. The molecule has 0 spiro atoms. The maximum absolute atomic E-state index is 5.10. The summed E-state index contributed by atoms with van der Waals surface area (Å²) in [7, 11) is 0. The van der Waals surface area contributed by atoms with Gasteiger partial charge >= 0.3 is 0 Å². The van der Waals surface area contributed by atoms with Crippen LogP contribution in [0.5, 0.6) is 0 Å². The van der Waals surface area contributed by atoms with Crippen molar-refractivity contribution in [2.45, 2.75) is 24.7 Å². The lowest BCUT2D eigenvalue weighted by Crippen LogP contribution is -2.39. The number of benzene rings is 2. The highest BCUT2D eigenvalue weighted by Gasteiger charge is 2.49. The van der Waals surface area contributed by atoms with Gasteiger partial charge in [0, 0.05) is 41.5 Å². The topological polar surface area (TPSA) is 51.6 Å². The monoisotopic (exact) mass is 466 g/mol. The van der Waals surface area contributed by atoms with Crippen LogP contribution in [0.25, 0.3) is 21.5 Å². The van der Waals surface area contributed by atoms with Crippen LogP contribution in [-0.4, -0.2) is 19.9 Å². The molecule has 2 aromatic carbocycles. The minimum absolute atomic E-state index is 0.0771. The van der Waals surface area contributed by atoms with E-state index in [-0.39, 0.29) is 5.92 Å². The van der Waals surface area contributed by atoms with Gasteiger partial charge in [-0.3, -0.25) is 19.9 Å². The lowest BCUT2D eigenvalue weighted by Gasteiger charge is -2.40. The molecule has 4 heterocycles. The molecule has 174 valence electrons. The summed E-state index contributed by atoms with van der Waals surface area (Å²) >= 11 is 0. The fourth-order valence-corrected chi connectivity index (χ4v) is 5.65. The standard InChI is InChI=1S/C32H26N4/c1-2-27(30-25-13-5-3-11-23(25)17-21-35-30)32(28-15-7-9-19-33-28,29-16-8-10-20-34-29)31-26-14-6-4-12-24(26)18-22-36-31/h3-22,27H,2H2,1H3. The number of hydrogen-bond acceptors (Lipinski definition) is 4. The molecular weight excluding hydrogens is 440 g/mol. The van der Waals surface area contributed by atoms with E-state index in [0.717, 1.165) is 45.4 Å². The molecule has 1 atom stereocenters. The molecule has 0 saturated heterocycles. The first-order valence-electron chi connectivity index (χ1n) is 12.3. The van der Waals surface area contributed by atoms with E-state index in [9.17, 15) is 0 Å². The predicted octanol–water partition coefficient (Wildman–Crippen LogP) is 7.10. The lowest BCUT2D eigenvalue weighted by molar-refractivity contribution is 0.432. The summed E-state index contributed by atoms with van der Waals surface area (Å²) in [6.45, 7) is 2.22. The molecule has 0 N–H and O–H groups in total. The quantitative estimate of drug-likeness (QED) is 0.263. The highest BCUT2D eigenvalue weighted by atomic mass is 14.8. The van der Waals surface area contributed by atoms with E-state index >= 15 is 0 Å². The third-order valence-electron chi connectivity index (χ3n) is 7.15. The Labute approximate surface area is 210 Å². The van der Waals surface area contributed by atoms with Gasteiger partial charge in [0.05, 0.1) is 22.8 Å². The Bertz CT molecular complexity index is 1580. The number of rotatable bonds is 6. The molecule has 0 saturated carbocycles. The molecule has 0 radical (unpaired) electrons. The van der Waals surface area contributed by atoms with Crippen molar-refractivity contribution < 1.29 is 0 Å². The van der Waals surface area contributed by atoms with Gasteiger partial charge in [0.25, 0.3) is 0 Å². The van der Waals surface area contributed by atoms with Crippen LogP contribution >= 0.6 is 0 Å². The van der Waals surface area contributed by atoms with Crippen molar-refractivity contribution >= 4 is 21.5 Å². The van der Waals surface area contributed by atoms with Crippen LogP contribution in [0.3, 0.4) is 0 Å². The maximum atomic E-state index is 5.10. The normalized spacial score (nSPS) is 12.6. The molecular formula is C32H26N4. The highest BCUT2D eigenvalue weighted by Crippen LogP contribution is 2.51. The van der Waals surface area contributed by atoms with Crippen LogP contribution in [0.4, 0.5) is 0 Å². The highest BCUT2D eigenvalue weighted by molar-refractivity contribution is 5.88. The van der Waals surface area contributed by atoms with E-state index in [4.69, 9.17) is 19.9 Å². The van der Waals surface area contributed by atoms with E-state index in [1.165, 1.54) is 5.39 Å². The van der Waals surface area contributed by atoms with Gasteiger partial charge in [-0.25, -0.2) is 0 Å². The summed E-state index contributed by atoms with van der Waals surface area (Å²) in [4.78, 5) is 20.1. The summed E-state index contributed by atoms with van der Waals surface area (Å²) in [5.74, 6) is -0.0771. The van der Waals surface area contributed by atoms with Gasteiger partial charge in [-0.05, 0) is 53.6 Å². The second kappa shape index (κ2) is 9.31. The first kappa shape index (κ1) is 22.1. The van der Waals surface area contributed by atoms with Crippen molar-refractivity contribution in [1.29, 1.82) is 0 Å². The van der Waals surface area contributed by atoms with Crippen molar-refractivity contribution in [3.05, 3.63) is 145 Å². The van der Waals surface area contributed by atoms with Crippen LogP contribution in [0.2, 0.25) is 0 Å². The first-order valence-corrected chi connectivity index (χ1v) is 12.3. The predicted molar refractivity (Wildman–Crippen MR) is 145 cm³/mol. The van der Waals surface area contributed by atoms with Crippen LogP contribution in [0, 0.1) is 0 Å². The van der Waals surface area contributed by atoms with E-state index in [2.05, 4.69) is 91.9 Å². The molecule has 4 heteroatoms. The fraction of sp³-hybridized carbons (Fsp3) is 0.125. The largest absolute Gasteiger partial charge is 0.260 e. The maximum Gasteiger partial charge on any atom is 0.106 e. The van der Waals surface area contributed by atoms with Crippen molar-refractivity contribution in [1.82, 2.24) is 19.9 Å². The third kappa shape index (κ3) is 3.45. The zero-order chi connectivity index (χ0) is 24.4. The van der Waals surface area contributed by atoms with Crippen LogP contribution < -0.4 is 0 Å². The minimum Gasteiger partial charge on any atom is -0.260 e. The smallest absolute Gasteiger partial charge is 0.106 e. The third-order valence-corrected chi connectivity index (χ3v) is 7.15. The molecule has 6 rings (SSSR count). The SMILES string of the molecule is CCC(c1nccc2ccccc12)C(c1ccccn1)(c1ccccn1)c1nccc2ccccc12. The molecule has 0 bridgehead atoms. The van der Waals surface area contributed by atoms with Gasteiger partial charge in [-0.1, -0.05) is 67.6 Å². The first-order chi connectivity index (χ1) is 17.8.